The Labute approximate surface area is 130 Å². The monoisotopic (exact) mass is 312 g/mol. The molecule has 0 unspecified atom stereocenters. The first kappa shape index (κ1) is 17.3. The molecule has 0 aliphatic rings. The maximum Gasteiger partial charge on any atom is 0.307 e. The van der Waals surface area contributed by atoms with Gasteiger partial charge in [0.1, 0.15) is 0 Å². The van der Waals surface area contributed by atoms with Gasteiger partial charge in [-0.1, -0.05) is 25.4 Å². The minimum atomic E-state index is -0.347. The van der Waals surface area contributed by atoms with Gasteiger partial charge in [-0.25, -0.2) is 0 Å². The fourth-order valence-electron chi connectivity index (χ4n) is 1.94. The number of carbonyl (C=O) groups is 2. The molecule has 0 radical (unpaired) electrons. The second-order valence-corrected chi connectivity index (χ2v) is 5.64. The number of carbonyl (C=O) groups excluding carboxylic acids is 2. The first-order valence-electron chi connectivity index (χ1n) is 6.76. The summed E-state index contributed by atoms with van der Waals surface area (Å²) in [6.45, 7) is 4.84. The summed E-state index contributed by atoms with van der Waals surface area (Å²) in [7, 11) is 1.33. The van der Waals surface area contributed by atoms with Crippen LogP contribution in [0.2, 0.25) is 5.02 Å². The Morgan fingerprint density at radius 2 is 2.05 bits per heavy atom. The molecule has 0 heterocycles. The third kappa shape index (κ3) is 5.27. The Bertz CT molecular complexity index is 518. The largest absolute Gasteiger partial charge is 0.469 e. The highest BCUT2D eigenvalue weighted by Crippen LogP contribution is 2.20. The smallest absolute Gasteiger partial charge is 0.307 e. The van der Waals surface area contributed by atoms with Gasteiger partial charge >= 0.3 is 5.97 Å². The van der Waals surface area contributed by atoms with Crippen LogP contribution in [-0.4, -0.2) is 37.0 Å². The predicted octanol–water partition coefficient (Wildman–Crippen LogP) is 2.58. The third-order valence-corrected chi connectivity index (χ3v) is 3.17. The minimum Gasteiger partial charge on any atom is -0.469 e. The second-order valence-electron chi connectivity index (χ2n) is 5.20. The van der Waals surface area contributed by atoms with E-state index in [4.69, 9.17) is 17.3 Å². The number of esters is 1. The van der Waals surface area contributed by atoms with Gasteiger partial charge in [-0.15, -0.1) is 0 Å². The van der Waals surface area contributed by atoms with E-state index in [0.717, 1.165) is 0 Å². The van der Waals surface area contributed by atoms with Crippen LogP contribution in [0.4, 0.5) is 5.69 Å². The van der Waals surface area contributed by atoms with Crippen LogP contribution in [0, 0.1) is 5.92 Å². The quantitative estimate of drug-likeness (QED) is 0.647. The van der Waals surface area contributed by atoms with E-state index in [-0.39, 0.29) is 24.2 Å². The van der Waals surface area contributed by atoms with Gasteiger partial charge in [-0.3, -0.25) is 9.59 Å². The Morgan fingerprint density at radius 1 is 1.38 bits per heavy atom. The van der Waals surface area contributed by atoms with E-state index in [1.807, 2.05) is 13.8 Å². The number of nitrogens with two attached hydrogens (primary N) is 1. The highest BCUT2D eigenvalue weighted by molar-refractivity contribution is 6.31. The highest BCUT2D eigenvalue weighted by atomic mass is 35.5. The lowest BCUT2D eigenvalue weighted by molar-refractivity contribution is -0.140. The molecule has 0 fully saturated rings. The van der Waals surface area contributed by atoms with E-state index in [1.165, 1.54) is 7.11 Å². The summed E-state index contributed by atoms with van der Waals surface area (Å²) in [6.07, 6.45) is 0.155. The molecule has 21 heavy (non-hydrogen) atoms. The number of rotatable bonds is 6. The highest BCUT2D eigenvalue weighted by Gasteiger charge is 2.20. The maximum atomic E-state index is 12.6. The molecule has 1 aromatic carbocycles. The number of anilines is 1. The van der Waals surface area contributed by atoms with Gasteiger partial charge in [0.15, 0.2) is 0 Å². The van der Waals surface area contributed by atoms with Gasteiger partial charge in [0.25, 0.3) is 5.91 Å². The molecular weight excluding hydrogens is 292 g/mol. The van der Waals surface area contributed by atoms with Crippen molar-refractivity contribution in [3.8, 4) is 0 Å². The Hall–Kier alpha value is -1.75. The van der Waals surface area contributed by atoms with Crippen molar-refractivity contribution in [1.29, 1.82) is 0 Å². The second kappa shape index (κ2) is 7.88. The van der Waals surface area contributed by atoms with Crippen LogP contribution in [0.25, 0.3) is 0 Å². The van der Waals surface area contributed by atoms with Crippen LogP contribution < -0.4 is 5.73 Å². The molecule has 116 valence electrons. The number of nitrogen functional groups attached to an aromatic ring is 1. The van der Waals surface area contributed by atoms with Crippen LogP contribution in [0.15, 0.2) is 18.2 Å². The van der Waals surface area contributed by atoms with Crippen LogP contribution in [0.1, 0.15) is 30.6 Å². The molecule has 1 amide bonds. The summed E-state index contributed by atoms with van der Waals surface area (Å²) in [4.78, 5) is 25.4. The van der Waals surface area contributed by atoms with Crippen molar-refractivity contribution >= 4 is 29.2 Å². The molecule has 0 spiro atoms. The van der Waals surface area contributed by atoms with Gasteiger partial charge in [-0.05, 0) is 24.1 Å². The molecule has 0 atom stereocenters. The minimum absolute atomic E-state index is 0.155. The van der Waals surface area contributed by atoms with Gasteiger partial charge in [0, 0.05) is 23.8 Å². The van der Waals surface area contributed by atoms with Crippen molar-refractivity contribution in [3.05, 3.63) is 28.8 Å². The zero-order chi connectivity index (χ0) is 16.0. The lowest BCUT2D eigenvalue weighted by atomic mass is 10.1. The van der Waals surface area contributed by atoms with Crippen LogP contribution >= 0.6 is 11.6 Å². The molecule has 1 rings (SSSR count). The molecule has 0 saturated carbocycles. The van der Waals surface area contributed by atoms with E-state index in [9.17, 15) is 9.59 Å². The molecule has 0 aliphatic heterocycles. The summed E-state index contributed by atoms with van der Waals surface area (Å²) in [5.74, 6) is -0.275. The normalized spacial score (nSPS) is 10.5. The summed E-state index contributed by atoms with van der Waals surface area (Å²) in [5, 5.41) is 0.481. The molecule has 6 heteroatoms. The maximum absolute atomic E-state index is 12.6. The average Bonchev–Trinajstić information content (AvgIpc) is 2.42. The first-order chi connectivity index (χ1) is 9.85. The van der Waals surface area contributed by atoms with Crippen molar-refractivity contribution in [2.24, 2.45) is 5.92 Å². The number of benzene rings is 1. The van der Waals surface area contributed by atoms with E-state index in [0.29, 0.717) is 29.4 Å². The Morgan fingerprint density at radius 3 is 2.57 bits per heavy atom. The van der Waals surface area contributed by atoms with E-state index in [2.05, 4.69) is 4.74 Å². The zero-order valence-corrected chi connectivity index (χ0v) is 13.3. The van der Waals surface area contributed by atoms with Gasteiger partial charge in [0.2, 0.25) is 0 Å². The van der Waals surface area contributed by atoms with Crippen molar-refractivity contribution in [3.63, 3.8) is 0 Å². The number of hydrogen-bond donors (Lipinski definition) is 1. The molecule has 0 bridgehead atoms. The molecule has 0 aromatic heterocycles. The summed E-state index contributed by atoms with van der Waals surface area (Å²) in [6, 6.07) is 4.77. The van der Waals surface area contributed by atoms with E-state index < -0.39 is 0 Å². The lowest BCUT2D eigenvalue weighted by Crippen LogP contribution is -2.36. The predicted molar refractivity (Wildman–Crippen MR) is 83.2 cm³/mol. The first-order valence-corrected chi connectivity index (χ1v) is 7.14. The topological polar surface area (TPSA) is 72.6 Å². The molecular formula is C15H21ClN2O3. The summed E-state index contributed by atoms with van der Waals surface area (Å²) >= 11 is 5.84. The number of ether oxygens (including phenoxy) is 1. The SMILES string of the molecule is COC(=O)CCN(CC(C)C)C(=O)c1ccc(Cl)cc1N. The van der Waals surface area contributed by atoms with Gasteiger partial charge in [-0.2, -0.15) is 0 Å². The van der Waals surface area contributed by atoms with E-state index >= 15 is 0 Å². The molecule has 0 saturated heterocycles. The standard InChI is InChI=1S/C15H21ClN2O3/c1-10(2)9-18(7-6-14(19)21-3)15(20)12-5-4-11(16)8-13(12)17/h4-5,8,10H,6-7,9,17H2,1-3H3. The lowest BCUT2D eigenvalue weighted by Gasteiger charge is -2.25. The third-order valence-electron chi connectivity index (χ3n) is 2.93. The number of methoxy groups -OCH3 is 1. The summed E-state index contributed by atoms with van der Waals surface area (Å²) in [5.41, 5.74) is 6.58. The van der Waals surface area contributed by atoms with Crippen LogP contribution in [0.5, 0.6) is 0 Å². The average molecular weight is 313 g/mol. The van der Waals surface area contributed by atoms with E-state index in [1.54, 1.807) is 23.1 Å². The van der Waals surface area contributed by atoms with Crippen LogP contribution in [0.3, 0.4) is 0 Å². The van der Waals surface area contributed by atoms with Crippen LogP contribution in [-0.2, 0) is 9.53 Å². The zero-order valence-electron chi connectivity index (χ0n) is 12.6. The Kier molecular flexibility index (Phi) is 6.49. The van der Waals surface area contributed by atoms with Gasteiger partial charge < -0.3 is 15.4 Å². The van der Waals surface area contributed by atoms with Crippen molar-refractivity contribution in [2.45, 2.75) is 20.3 Å². The Balaban J connectivity index is 2.90. The number of halogens is 1. The number of hydrogen-bond acceptors (Lipinski definition) is 4. The molecule has 1 aromatic rings. The fourth-order valence-corrected chi connectivity index (χ4v) is 2.12. The molecule has 0 aliphatic carbocycles. The number of nitrogens with zero attached hydrogens (tertiary/aromatic N) is 1. The van der Waals surface area contributed by atoms with Crippen molar-refractivity contribution < 1.29 is 14.3 Å². The van der Waals surface area contributed by atoms with Crippen molar-refractivity contribution in [1.82, 2.24) is 4.90 Å². The molecule has 2 N–H and O–H groups in total. The number of amides is 1. The summed E-state index contributed by atoms with van der Waals surface area (Å²) < 4.78 is 4.61. The molecule has 5 nitrogen and oxygen atoms in total. The van der Waals surface area contributed by atoms with Gasteiger partial charge in [0.05, 0.1) is 19.1 Å². The fraction of sp³-hybridized carbons (Fsp3) is 0.467. The van der Waals surface area contributed by atoms with Crippen molar-refractivity contribution in [2.75, 3.05) is 25.9 Å².